The van der Waals surface area contributed by atoms with Gasteiger partial charge in [-0.25, -0.2) is 0 Å². The highest BCUT2D eigenvalue weighted by molar-refractivity contribution is 5.37. The highest BCUT2D eigenvalue weighted by Crippen LogP contribution is 2.25. The Morgan fingerprint density at radius 3 is 2.78 bits per heavy atom. The van der Waals surface area contributed by atoms with Gasteiger partial charge in [-0.3, -0.25) is 0 Å². The summed E-state index contributed by atoms with van der Waals surface area (Å²) in [5, 5.41) is 3.40. The zero-order chi connectivity index (χ0) is 12.8. The van der Waals surface area contributed by atoms with Gasteiger partial charge >= 0.3 is 0 Å². The first kappa shape index (κ1) is 13.4. The summed E-state index contributed by atoms with van der Waals surface area (Å²) in [6.45, 7) is 6.17. The molecule has 100 valence electrons. The van der Waals surface area contributed by atoms with E-state index in [0.29, 0.717) is 6.04 Å². The van der Waals surface area contributed by atoms with E-state index < -0.39 is 0 Å². The first-order valence-corrected chi connectivity index (χ1v) is 7.27. The van der Waals surface area contributed by atoms with Crippen LogP contribution in [0, 0.1) is 0 Å². The molecule has 0 aliphatic heterocycles. The van der Waals surface area contributed by atoms with Crippen molar-refractivity contribution >= 4 is 0 Å². The van der Waals surface area contributed by atoms with E-state index in [9.17, 15) is 0 Å². The van der Waals surface area contributed by atoms with E-state index in [1.807, 2.05) is 0 Å². The molecule has 0 saturated heterocycles. The van der Waals surface area contributed by atoms with Crippen LogP contribution in [-0.4, -0.2) is 19.2 Å². The molecule has 1 aliphatic rings. The van der Waals surface area contributed by atoms with Crippen molar-refractivity contribution in [3.8, 4) is 5.75 Å². The highest BCUT2D eigenvalue weighted by atomic mass is 16.5. The van der Waals surface area contributed by atoms with E-state index in [1.165, 1.54) is 36.8 Å². The molecular weight excluding hydrogens is 222 g/mol. The maximum atomic E-state index is 5.85. The molecule has 0 spiro atoms. The first-order chi connectivity index (χ1) is 8.79. The van der Waals surface area contributed by atoms with Crippen molar-refractivity contribution < 1.29 is 4.74 Å². The molecule has 1 aromatic rings. The third-order valence-electron chi connectivity index (χ3n) is 3.69. The minimum atomic E-state index is 0.535. The number of aryl methyl sites for hydroxylation is 2. The van der Waals surface area contributed by atoms with E-state index in [-0.39, 0.29) is 0 Å². The molecule has 2 nitrogen and oxygen atoms in total. The molecule has 0 aromatic heterocycles. The molecule has 0 radical (unpaired) electrons. The van der Waals surface area contributed by atoms with E-state index >= 15 is 0 Å². The standard InChI is InChI=1S/C16H25NO/c1-3-17-13(2)10-11-18-16-9-8-14-6-4-5-7-15(14)12-16/h8-9,12-13,17H,3-7,10-11H2,1-2H3. The number of fused-ring (bicyclic) bond motifs is 1. The molecule has 0 heterocycles. The molecule has 0 saturated carbocycles. The fraction of sp³-hybridized carbons (Fsp3) is 0.625. The fourth-order valence-corrected chi connectivity index (χ4v) is 2.60. The number of benzene rings is 1. The van der Waals surface area contributed by atoms with Crippen molar-refractivity contribution in [2.45, 2.75) is 52.0 Å². The predicted molar refractivity (Wildman–Crippen MR) is 76.3 cm³/mol. The van der Waals surface area contributed by atoms with Gasteiger partial charge in [0.25, 0.3) is 0 Å². The molecule has 0 amide bonds. The van der Waals surface area contributed by atoms with Crippen molar-refractivity contribution in [1.29, 1.82) is 0 Å². The van der Waals surface area contributed by atoms with Gasteiger partial charge in [0, 0.05) is 6.04 Å². The van der Waals surface area contributed by atoms with Crippen molar-refractivity contribution in [2.75, 3.05) is 13.2 Å². The number of hydrogen-bond acceptors (Lipinski definition) is 2. The lowest BCUT2D eigenvalue weighted by Gasteiger charge is -2.17. The average molecular weight is 247 g/mol. The zero-order valence-electron chi connectivity index (χ0n) is 11.7. The predicted octanol–water partition coefficient (Wildman–Crippen LogP) is 3.33. The lowest BCUT2D eigenvalue weighted by molar-refractivity contribution is 0.291. The van der Waals surface area contributed by atoms with Crippen LogP contribution in [0.25, 0.3) is 0 Å². The second kappa shape index (κ2) is 6.79. The molecule has 1 aromatic carbocycles. The van der Waals surface area contributed by atoms with Gasteiger partial charge in [0.05, 0.1) is 6.61 Å². The Morgan fingerprint density at radius 2 is 2.00 bits per heavy atom. The molecule has 1 unspecified atom stereocenters. The third kappa shape index (κ3) is 3.74. The normalized spacial score (nSPS) is 16.1. The van der Waals surface area contributed by atoms with Crippen molar-refractivity contribution in [1.82, 2.24) is 5.32 Å². The third-order valence-corrected chi connectivity index (χ3v) is 3.69. The van der Waals surface area contributed by atoms with Crippen LogP contribution < -0.4 is 10.1 Å². The fourth-order valence-electron chi connectivity index (χ4n) is 2.60. The number of ether oxygens (including phenoxy) is 1. The highest BCUT2D eigenvalue weighted by Gasteiger charge is 2.09. The lowest BCUT2D eigenvalue weighted by Crippen LogP contribution is -2.27. The lowest BCUT2D eigenvalue weighted by atomic mass is 9.92. The topological polar surface area (TPSA) is 21.3 Å². The first-order valence-electron chi connectivity index (χ1n) is 7.27. The average Bonchev–Trinajstić information content (AvgIpc) is 2.39. The van der Waals surface area contributed by atoms with Crippen LogP contribution in [0.15, 0.2) is 18.2 Å². The summed E-state index contributed by atoms with van der Waals surface area (Å²) in [6.07, 6.45) is 6.19. The van der Waals surface area contributed by atoms with Crippen LogP contribution in [0.3, 0.4) is 0 Å². The zero-order valence-corrected chi connectivity index (χ0v) is 11.7. The van der Waals surface area contributed by atoms with Gasteiger partial charge in [-0.05, 0) is 68.8 Å². The Morgan fingerprint density at radius 1 is 1.22 bits per heavy atom. The summed E-state index contributed by atoms with van der Waals surface area (Å²) in [5.41, 5.74) is 3.02. The maximum Gasteiger partial charge on any atom is 0.119 e. The number of hydrogen-bond donors (Lipinski definition) is 1. The summed E-state index contributed by atoms with van der Waals surface area (Å²) in [6, 6.07) is 7.15. The van der Waals surface area contributed by atoms with Gasteiger partial charge in [-0.15, -0.1) is 0 Å². The van der Waals surface area contributed by atoms with Crippen LogP contribution in [-0.2, 0) is 12.8 Å². The van der Waals surface area contributed by atoms with Gasteiger partial charge in [0.15, 0.2) is 0 Å². The summed E-state index contributed by atoms with van der Waals surface area (Å²) >= 11 is 0. The van der Waals surface area contributed by atoms with E-state index in [4.69, 9.17) is 4.74 Å². The van der Waals surface area contributed by atoms with Gasteiger partial charge in [0.2, 0.25) is 0 Å². The summed E-state index contributed by atoms with van der Waals surface area (Å²) in [4.78, 5) is 0. The van der Waals surface area contributed by atoms with Crippen LogP contribution in [0.5, 0.6) is 5.75 Å². The SMILES string of the molecule is CCNC(C)CCOc1ccc2c(c1)CCCC2. The van der Waals surface area contributed by atoms with Crippen LogP contribution >= 0.6 is 0 Å². The maximum absolute atomic E-state index is 5.85. The van der Waals surface area contributed by atoms with Crippen molar-refractivity contribution in [3.05, 3.63) is 29.3 Å². The smallest absolute Gasteiger partial charge is 0.119 e. The quantitative estimate of drug-likeness (QED) is 0.832. The summed E-state index contributed by atoms with van der Waals surface area (Å²) < 4.78 is 5.85. The summed E-state index contributed by atoms with van der Waals surface area (Å²) in [5.74, 6) is 1.04. The Labute approximate surface area is 111 Å². The summed E-state index contributed by atoms with van der Waals surface area (Å²) in [7, 11) is 0. The second-order valence-electron chi connectivity index (χ2n) is 5.23. The Kier molecular flexibility index (Phi) is 5.06. The minimum Gasteiger partial charge on any atom is -0.494 e. The molecule has 1 atom stereocenters. The monoisotopic (exact) mass is 247 g/mol. The van der Waals surface area contributed by atoms with Gasteiger partial charge in [0.1, 0.15) is 5.75 Å². The van der Waals surface area contributed by atoms with Gasteiger partial charge < -0.3 is 10.1 Å². The Balaban J connectivity index is 1.82. The van der Waals surface area contributed by atoms with Gasteiger partial charge in [-0.2, -0.15) is 0 Å². The molecule has 2 heteroatoms. The van der Waals surface area contributed by atoms with Crippen molar-refractivity contribution in [2.24, 2.45) is 0 Å². The molecule has 2 rings (SSSR count). The Bertz CT molecular complexity index is 375. The largest absolute Gasteiger partial charge is 0.494 e. The second-order valence-corrected chi connectivity index (χ2v) is 5.23. The molecular formula is C16H25NO. The molecule has 18 heavy (non-hydrogen) atoms. The Hall–Kier alpha value is -1.02. The minimum absolute atomic E-state index is 0.535. The molecule has 0 bridgehead atoms. The number of nitrogens with one attached hydrogen (secondary N) is 1. The van der Waals surface area contributed by atoms with E-state index in [0.717, 1.165) is 25.3 Å². The van der Waals surface area contributed by atoms with Gasteiger partial charge in [-0.1, -0.05) is 13.0 Å². The van der Waals surface area contributed by atoms with Crippen molar-refractivity contribution in [3.63, 3.8) is 0 Å². The number of rotatable bonds is 6. The molecule has 0 fully saturated rings. The van der Waals surface area contributed by atoms with E-state index in [1.54, 1.807) is 0 Å². The van der Waals surface area contributed by atoms with Crippen LogP contribution in [0.2, 0.25) is 0 Å². The van der Waals surface area contributed by atoms with Crippen LogP contribution in [0.4, 0.5) is 0 Å². The van der Waals surface area contributed by atoms with Crippen LogP contribution in [0.1, 0.15) is 44.2 Å². The molecule has 1 aliphatic carbocycles. The molecule has 1 N–H and O–H groups in total. The van der Waals surface area contributed by atoms with E-state index in [2.05, 4.69) is 37.4 Å².